The van der Waals surface area contributed by atoms with Gasteiger partial charge in [-0.3, -0.25) is 14.3 Å². The maximum Gasteiger partial charge on any atom is 0.408 e. The van der Waals surface area contributed by atoms with Crippen LogP contribution in [0.15, 0.2) is 29.8 Å². The largest absolute Gasteiger partial charge is 0.408 e. The zero-order chi connectivity index (χ0) is 27.3. The van der Waals surface area contributed by atoms with Gasteiger partial charge in [-0.2, -0.15) is 13.2 Å². The summed E-state index contributed by atoms with van der Waals surface area (Å²) in [5, 5.41) is 1.68. The summed E-state index contributed by atoms with van der Waals surface area (Å²) in [7, 11) is -1.64. The van der Waals surface area contributed by atoms with E-state index in [-0.39, 0.29) is 10.8 Å². The van der Waals surface area contributed by atoms with Gasteiger partial charge in [-0.1, -0.05) is 69.9 Å². The van der Waals surface area contributed by atoms with Gasteiger partial charge in [-0.15, -0.1) is 12.3 Å². The first kappa shape index (κ1) is 31.4. The molecule has 1 saturated carbocycles. The van der Waals surface area contributed by atoms with Gasteiger partial charge < -0.3 is 5.32 Å². The summed E-state index contributed by atoms with van der Waals surface area (Å²) in [5.41, 5.74) is 0.842. The van der Waals surface area contributed by atoms with Crippen LogP contribution >= 0.6 is 0 Å². The maximum absolute atomic E-state index is 13.1. The van der Waals surface area contributed by atoms with Gasteiger partial charge in [0.1, 0.15) is 22.6 Å². The number of benzene rings is 1. The number of hydrogen-bond acceptors (Lipinski definition) is 3. The number of rotatable bonds is 8. The van der Waals surface area contributed by atoms with Gasteiger partial charge in [0.2, 0.25) is 0 Å². The number of nitrogens with one attached hydrogen (secondary N) is 2. The van der Waals surface area contributed by atoms with Crippen molar-refractivity contribution in [1.82, 2.24) is 10.0 Å². The van der Waals surface area contributed by atoms with Crippen molar-refractivity contribution in [1.29, 1.82) is 0 Å². The summed E-state index contributed by atoms with van der Waals surface area (Å²) in [6, 6.07) is 4.45. The van der Waals surface area contributed by atoms with Crippen molar-refractivity contribution in [2.75, 3.05) is 0 Å². The molecule has 2 amide bonds. The molecule has 2 aliphatic rings. The van der Waals surface area contributed by atoms with Crippen molar-refractivity contribution < 1.29 is 27.0 Å². The second-order valence-corrected chi connectivity index (χ2v) is 9.90. The van der Waals surface area contributed by atoms with Crippen molar-refractivity contribution in [3.05, 3.63) is 41.0 Å². The molecule has 200 valence electrons. The monoisotopic (exact) mass is 526 g/mol. The maximum atomic E-state index is 13.1. The first-order valence-electron chi connectivity index (χ1n) is 12.4. The van der Waals surface area contributed by atoms with Crippen LogP contribution in [0.4, 0.5) is 13.2 Å². The Bertz CT molecular complexity index is 962. The predicted molar refractivity (Wildman–Crippen MR) is 139 cm³/mol. The van der Waals surface area contributed by atoms with Gasteiger partial charge in [-0.25, -0.2) is 4.21 Å². The highest BCUT2D eigenvalue weighted by Crippen LogP contribution is 2.35. The standard InChI is InChI=1S/C17H17F3N2O3S.C8H14.C2H6/c1-9-2-4-10(5-3-9)12-8-13(17(18,19)20)21-15(23)14(12)16(24)22-26(25)11-6-7-11;1-3-5-7-8-6-4-2;1-2/h2-5,11,13H,6-8H2,1H3,(H,21,23)(H,22,24);1H,4-8H2,2H3;1-2H3. The molecule has 1 aromatic rings. The van der Waals surface area contributed by atoms with E-state index in [2.05, 4.69) is 17.6 Å². The SMILES string of the molecule is C#CCCCCCC.CC.Cc1ccc(C2=C(C(=O)NS(=O)C3CC3)C(=O)NC(C(F)(F)F)C2)cc1. The Balaban J connectivity index is 0.000000554. The molecule has 1 aliphatic carbocycles. The highest BCUT2D eigenvalue weighted by atomic mass is 32.2. The lowest BCUT2D eigenvalue weighted by atomic mass is 9.89. The lowest BCUT2D eigenvalue weighted by Gasteiger charge is -2.29. The number of unbranched alkanes of at least 4 members (excludes halogenated alkanes) is 4. The van der Waals surface area contributed by atoms with Crippen molar-refractivity contribution in [3.8, 4) is 12.3 Å². The molecule has 9 heteroatoms. The molecule has 0 bridgehead atoms. The smallest absolute Gasteiger partial charge is 0.340 e. The molecule has 1 aromatic carbocycles. The molecule has 36 heavy (non-hydrogen) atoms. The predicted octanol–water partition coefficient (Wildman–Crippen LogP) is 5.76. The van der Waals surface area contributed by atoms with Gasteiger partial charge in [-0.05, 0) is 37.3 Å². The molecule has 0 aromatic heterocycles. The minimum atomic E-state index is -4.63. The van der Waals surface area contributed by atoms with Gasteiger partial charge in [0, 0.05) is 12.8 Å². The van der Waals surface area contributed by atoms with Gasteiger partial charge in [0.25, 0.3) is 11.8 Å². The topological polar surface area (TPSA) is 75.3 Å². The third-order valence-corrected chi connectivity index (χ3v) is 6.92. The minimum absolute atomic E-state index is 0.00127. The lowest BCUT2D eigenvalue weighted by Crippen LogP contribution is -2.51. The van der Waals surface area contributed by atoms with Crippen LogP contribution in [0.1, 0.15) is 83.3 Å². The number of amides is 2. The number of aryl methyl sites for hydroxylation is 1. The Hall–Kier alpha value is -2.60. The van der Waals surface area contributed by atoms with E-state index in [9.17, 15) is 27.0 Å². The molecule has 5 nitrogen and oxygen atoms in total. The number of halogens is 3. The highest BCUT2D eigenvalue weighted by molar-refractivity contribution is 7.84. The second-order valence-electron chi connectivity index (χ2n) is 8.43. The quantitative estimate of drug-likeness (QED) is 0.257. The number of carbonyl (C=O) groups is 2. The molecule has 3 rings (SSSR count). The summed E-state index contributed by atoms with van der Waals surface area (Å²) < 4.78 is 53.6. The van der Waals surface area contributed by atoms with Crippen LogP contribution in [0.25, 0.3) is 5.57 Å². The molecule has 2 N–H and O–H groups in total. The molecule has 2 atom stereocenters. The van der Waals surface area contributed by atoms with Crippen LogP contribution in [0.3, 0.4) is 0 Å². The molecule has 1 fully saturated rings. The number of terminal acetylenes is 1. The van der Waals surface area contributed by atoms with Crippen molar-refractivity contribution in [2.24, 2.45) is 0 Å². The molecule has 1 aliphatic heterocycles. The van der Waals surface area contributed by atoms with E-state index in [0.29, 0.717) is 18.4 Å². The van der Waals surface area contributed by atoms with Gasteiger partial charge in [0.15, 0.2) is 0 Å². The van der Waals surface area contributed by atoms with E-state index >= 15 is 0 Å². The van der Waals surface area contributed by atoms with E-state index in [0.717, 1.165) is 12.0 Å². The van der Waals surface area contributed by atoms with E-state index in [1.807, 2.05) is 26.1 Å². The minimum Gasteiger partial charge on any atom is -0.340 e. The molecular formula is C27H37F3N2O3S. The first-order valence-corrected chi connectivity index (χ1v) is 13.6. The Morgan fingerprint density at radius 2 is 1.78 bits per heavy atom. The van der Waals surface area contributed by atoms with E-state index in [1.54, 1.807) is 24.3 Å². The average molecular weight is 527 g/mol. The average Bonchev–Trinajstić information content (AvgIpc) is 3.69. The fourth-order valence-electron chi connectivity index (χ4n) is 3.34. The molecule has 0 spiro atoms. The molecule has 1 heterocycles. The molecule has 0 saturated heterocycles. The number of carbonyl (C=O) groups excluding carboxylic acids is 2. The van der Waals surface area contributed by atoms with E-state index < -0.39 is 47.0 Å². The molecular weight excluding hydrogens is 489 g/mol. The third kappa shape index (κ3) is 10.2. The molecule has 2 unspecified atom stereocenters. The van der Waals surface area contributed by atoms with Crippen LogP contribution < -0.4 is 10.0 Å². The van der Waals surface area contributed by atoms with Crippen LogP contribution in [-0.2, 0) is 20.6 Å². The third-order valence-electron chi connectivity index (χ3n) is 5.46. The van der Waals surface area contributed by atoms with Crippen molar-refractivity contribution in [3.63, 3.8) is 0 Å². The second kappa shape index (κ2) is 15.5. The van der Waals surface area contributed by atoms with E-state index in [4.69, 9.17) is 6.42 Å². The van der Waals surface area contributed by atoms with Crippen molar-refractivity contribution in [2.45, 2.75) is 96.5 Å². The fourth-order valence-corrected chi connectivity index (χ4v) is 4.36. The zero-order valence-electron chi connectivity index (χ0n) is 21.5. The van der Waals surface area contributed by atoms with Gasteiger partial charge >= 0.3 is 6.18 Å². The summed E-state index contributed by atoms with van der Waals surface area (Å²) in [6.07, 6.45) is 7.39. The number of alkyl halides is 3. The lowest BCUT2D eigenvalue weighted by molar-refractivity contribution is -0.160. The summed E-state index contributed by atoms with van der Waals surface area (Å²) in [5.74, 6) is 0.602. The van der Waals surface area contributed by atoms with Crippen LogP contribution in [-0.4, -0.2) is 33.5 Å². The van der Waals surface area contributed by atoms with Crippen LogP contribution in [0.2, 0.25) is 0 Å². The Labute approximate surface area is 215 Å². The molecule has 0 radical (unpaired) electrons. The number of hydrogen-bond donors (Lipinski definition) is 2. The van der Waals surface area contributed by atoms with Crippen molar-refractivity contribution >= 4 is 28.4 Å². The Morgan fingerprint density at radius 1 is 1.17 bits per heavy atom. The van der Waals surface area contributed by atoms with Gasteiger partial charge in [0.05, 0.1) is 5.25 Å². The fraction of sp³-hybridized carbons (Fsp3) is 0.556. The van der Waals surface area contributed by atoms with Crippen LogP contribution in [0, 0.1) is 19.3 Å². The highest BCUT2D eigenvalue weighted by Gasteiger charge is 2.46. The Kier molecular flexibility index (Phi) is 13.5. The summed E-state index contributed by atoms with van der Waals surface area (Å²) in [4.78, 5) is 24.7. The first-order chi connectivity index (χ1) is 17.1. The zero-order valence-corrected chi connectivity index (χ0v) is 22.3. The normalized spacial score (nSPS) is 17.9. The summed E-state index contributed by atoms with van der Waals surface area (Å²) in [6.45, 7) is 8.02. The Morgan fingerprint density at radius 3 is 2.28 bits per heavy atom. The van der Waals surface area contributed by atoms with E-state index in [1.165, 1.54) is 25.7 Å². The summed E-state index contributed by atoms with van der Waals surface area (Å²) >= 11 is 0. The van der Waals surface area contributed by atoms with Crippen LogP contribution in [0.5, 0.6) is 0 Å².